The maximum absolute atomic E-state index is 13.1. The lowest BCUT2D eigenvalue weighted by Gasteiger charge is -2.20. The Labute approximate surface area is 199 Å². The van der Waals surface area contributed by atoms with E-state index in [2.05, 4.69) is 5.32 Å². The molecule has 178 valence electrons. The molecule has 2 aromatic carbocycles. The molecule has 3 aromatic rings. The predicted molar refractivity (Wildman–Crippen MR) is 132 cm³/mol. The third-order valence-electron chi connectivity index (χ3n) is 5.69. The number of aryl methyl sites for hydroxylation is 2. The zero-order valence-corrected chi connectivity index (χ0v) is 20.3. The summed E-state index contributed by atoms with van der Waals surface area (Å²) in [4.78, 5) is 37.2. The molecule has 0 bridgehead atoms. The van der Waals surface area contributed by atoms with Gasteiger partial charge < -0.3 is 9.88 Å². The molecular formula is C26H28N2O5S. The Bertz CT molecular complexity index is 1360. The fraction of sp³-hybridized carbons (Fsp3) is 0.269. The number of ketones is 1. The molecule has 0 saturated carbocycles. The molecule has 0 aliphatic heterocycles. The van der Waals surface area contributed by atoms with Gasteiger partial charge in [0.15, 0.2) is 5.78 Å². The molecule has 0 aliphatic rings. The van der Waals surface area contributed by atoms with Crippen LogP contribution in [0, 0.1) is 6.92 Å². The Morgan fingerprint density at radius 3 is 2.24 bits per heavy atom. The van der Waals surface area contributed by atoms with Crippen LogP contribution < -0.4 is 10.9 Å². The molecule has 0 spiro atoms. The van der Waals surface area contributed by atoms with Gasteiger partial charge in [0, 0.05) is 55.6 Å². The Balaban J connectivity index is 1.86. The van der Waals surface area contributed by atoms with Gasteiger partial charge in [0.2, 0.25) is 5.56 Å². The third kappa shape index (κ3) is 6.51. The summed E-state index contributed by atoms with van der Waals surface area (Å²) < 4.78 is 23.9. The molecule has 1 atom stereocenters. The van der Waals surface area contributed by atoms with Crippen LogP contribution in [0.15, 0.2) is 71.7 Å². The topological polar surface area (TPSA) is 102 Å². The number of hydrogen-bond acceptors (Lipinski definition) is 5. The molecule has 0 aliphatic carbocycles. The van der Waals surface area contributed by atoms with Crippen LogP contribution in [-0.4, -0.2) is 43.2 Å². The first-order chi connectivity index (χ1) is 16.0. The molecule has 0 radical (unpaired) electrons. The van der Waals surface area contributed by atoms with Crippen molar-refractivity contribution in [2.24, 2.45) is 7.05 Å². The lowest BCUT2D eigenvalue weighted by Crippen LogP contribution is -2.28. The minimum atomic E-state index is -3.16. The van der Waals surface area contributed by atoms with Gasteiger partial charge in [0.25, 0.3) is 5.91 Å². The Morgan fingerprint density at radius 1 is 0.971 bits per heavy atom. The average molecular weight is 481 g/mol. The van der Waals surface area contributed by atoms with E-state index in [0.29, 0.717) is 11.1 Å². The summed E-state index contributed by atoms with van der Waals surface area (Å²) in [5.74, 6) is -0.817. The van der Waals surface area contributed by atoms with Crippen molar-refractivity contribution in [3.05, 3.63) is 105 Å². The van der Waals surface area contributed by atoms with Crippen LogP contribution in [0.1, 0.15) is 49.7 Å². The van der Waals surface area contributed by atoms with Crippen LogP contribution in [0.3, 0.4) is 0 Å². The van der Waals surface area contributed by atoms with Crippen LogP contribution >= 0.6 is 0 Å². The summed E-state index contributed by atoms with van der Waals surface area (Å²) in [6, 6.07) is 17.7. The fourth-order valence-corrected chi connectivity index (χ4v) is 4.24. The molecular weight excluding hydrogens is 452 g/mol. The van der Waals surface area contributed by atoms with E-state index in [1.165, 1.54) is 10.6 Å². The summed E-state index contributed by atoms with van der Waals surface area (Å²) in [6.45, 7) is 2.03. The molecule has 0 fully saturated rings. The number of aromatic nitrogens is 1. The van der Waals surface area contributed by atoms with Crippen molar-refractivity contribution >= 4 is 21.5 Å². The second-order valence-electron chi connectivity index (χ2n) is 8.41. The molecule has 1 heterocycles. The van der Waals surface area contributed by atoms with Crippen LogP contribution in [-0.2, 0) is 16.9 Å². The van der Waals surface area contributed by atoms with E-state index in [0.717, 1.165) is 22.9 Å². The normalized spacial score (nSPS) is 12.2. The fourth-order valence-electron chi connectivity index (χ4n) is 3.77. The molecule has 1 unspecified atom stereocenters. The number of nitrogens with zero attached hydrogens (tertiary/aromatic N) is 1. The van der Waals surface area contributed by atoms with Crippen LogP contribution in [0.5, 0.6) is 0 Å². The lowest BCUT2D eigenvalue weighted by molar-refractivity contribution is 0.0952. The summed E-state index contributed by atoms with van der Waals surface area (Å²) in [5.41, 5.74) is 3.61. The van der Waals surface area contributed by atoms with Crippen molar-refractivity contribution in [1.29, 1.82) is 0 Å². The Hall–Kier alpha value is -3.52. The monoisotopic (exact) mass is 480 g/mol. The largest absolute Gasteiger partial charge is 0.351 e. The van der Waals surface area contributed by atoms with Crippen LogP contribution in [0.25, 0.3) is 0 Å². The van der Waals surface area contributed by atoms with E-state index >= 15 is 0 Å². The van der Waals surface area contributed by atoms with Gasteiger partial charge in [-0.25, -0.2) is 8.42 Å². The molecule has 1 amide bonds. The smallest absolute Gasteiger partial charge is 0.251 e. The van der Waals surface area contributed by atoms with Crippen molar-refractivity contribution in [1.82, 2.24) is 9.88 Å². The quantitative estimate of drug-likeness (QED) is 0.475. The minimum Gasteiger partial charge on any atom is -0.351 e. The van der Waals surface area contributed by atoms with E-state index in [1.54, 1.807) is 31.4 Å². The number of benzene rings is 2. The van der Waals surface area contributed by atoms with E-state index in [-0.39, 0.29) is 41.9 Å². The Kier molecular flexibility index (Phi) is 7.83. The van der Waals surface area contributed by atoms with Gasteiger partial charge in [0.05, 0.1) is 5.75 Å². The summed E-state index contributed by atoms with van der Waals surface area (Å²) in [5, 5.41) is 2.61. The summed E-state index contributed by atoms with van der Waals surface area (Å²) in [7, 11) is -1.55. The van der Waals surface area contributed by atoms with Gasteiger partial charge in [-0.2, -0.15) is 0 Å². The second-order valence-corrected chi connectivity index (χ2v) is 10.7. The first-order valence-electron chi connectivity index (χ1n) is 10.9. The molecule has 0 saturated heterocycles. The van der Waals surface area contributed by atoms with Crippen molar-refractivity contribution in [3.63, 3.8) is 0 Å². The standard InChI is InChI=1S/C26H28N2O5S/c1-18-6-4-5-7-22(18)23(16-24(29)21-12-13-25(30)28(2)17-21)19-8-10-20(11-9-19)26(31)27-14-15-34(3,32)33/h4-13,17,23H,14-16H2,1-3H3,(H,27,31). The van der Waals surface area contributed by atoms with Gasteiger partial charge in [0.1, 0.15) is 9.84 Å². The van der Waals surface area contributed by atoms with Crippen molar-refractivity contribution in [3.8, 4) is 0 Å². The van der Waals surface area contributed by atoms with Gasteiger partial charge in [-0.1, -0.05) is 36.4 Å². The van der Waals surface area contributed by atoms with Crippen molar-refractivity contribution in [2.45, 2.75) is 19.3 Å². The van der Waals surface area contributed by atoms with Crippen LogP contribution in [0.4, 0.5) is 0 Å². The van der Waals surface area contributed by atoms with Gasteiger partial charge in [-0.3, -0.25) is 14.4 Å². The number of carbonyl (C=O) groups excluding carboxylic acids is 2. The molecule has 8 heteroatoms. The highest BCUT2D eigenvalue weighted by Gasteiger charge is 2.21. The number of pyridine rings is 1. The van der Waals surface area contributed by atoms with Gasteiger partial charge in [-0.05, 0) is 41.8 Å². The number of nitrogens with one attached hydrogen (secondary N) is 1. The number of rotatable bonds is 9. The second kappa shape index (κ2) is 10.6. The number of hydrogen-bond donors (Lipinski definition) is 1. The zero-order chi connectivity index (χ0) is 24.9. The number of amides is 1. The highest BCUT2D eigenvalue weighted by Crippen LogP contribution is 2.31. The molecule has 3 rings (SSSR count). The SMILES string of the molecule is Cc1ccccc1C(CC(=O)c1ccc(=O)n(C)c1)c1ccc(C(=O)NCCS(C)(=O)=O)cc1. The highest BCUT2D eigenvalue weighted by molar-refractivity contribution is 7.90. The minimum absolute atomic E-state index is 0.0410. The average Bonchev–Trinajstić information content (AvgIpc) is 2.79. The van der Waals surface area contributed by atoms with Crippen molar-refractivity contribution in [2.75, 3.05) is 18.6 Å². The summed E-state index contributed by atoms with van der Waals surface area (Å²) >= 11 is 0. The number of Topliss-reactive ketones (excluding diaryl/α,β-unsaturated/α-hetero) is 1. The van der Waals surface area contributed by atoms with E-state index < -0.39 is 9.84 Å². The first-order valence-corrected chi connectivity index (χ1v) is 12.9. The van der Waals surface area contributed by atoms with E-state index in [4.69, 9.17) is 0 Å². The Morgan fingerprint density at radius 2 is 1.62 bits per heavy atom. The molecule has 1 N–H and O–H groups in total. The van der Waals surface area contributed by atoms with Gasteiger partial charge >= 0.3 is 0 Å². The third-order valence-corrected chi connectivity index (χ3v) is 6.64. The summed E-state index contributed by atoms with van der Waals surface area (Å²) in [6.07, 6.45) is 2.86. The predicted octanol–water partition coefficient (Wildman–Crippen LogP) is 2.87. The highest BCUT2D eigenvalue weighted by atomic mass is 32.2. The van der Waals surface area contributed by atoms with Crippen LogP contribution in [0.2, 0.25) is 0 Å². The molecule has 7 nitrogen and oxygen atoms in total. The number of sulfone groups is 1. The first kappa shape index (κ1) is 25.1. The van der Waals surface area contributed by atoms with Gasteiger partial charge in [-0.15, -0.1) is 0 Å². The molecule has 34 heavy (non-hydrogen) atoms. The number of carbonyl (C=O) groups is 2. The maximum atomic E-state index is 13.1. The van der Waals surface area contributed by atoms with E-state index in [1.807, 2.05) is 43.3 Å². The zero-order valence-electron chi connectivity index (χ0n) is 19.4. The van der Waals surface area contributed by atoms with E-state index in [9.17, 15) is 22.8 Å². The molecule has 1 aromatic heterocycles. The maximum Gasteiger partial charge on any atom is 0.251 e. The van der Waals surface area contributed by atoms with Crippen molar-refractivity contribution < 1.29 is 18.0 Å². The lowest BCUT2D eigenvalue weighted by atomic mass is 9.83.